The summed E-state index contributed by atoms with van der Waals surface area (Å²) in [5, 5.41) is 2.58. The minimum Gasteiger partial charge on any atom is -0.322 e. The van der Waals surface area contributed by atoms with Gasteiger partial charge in [-0.05, 0) is 37.3 Å². The molecule has 2 aromatic rings. The van der Waals surface area contributed by atoms with Gasteiger partial charge >= 0.3 is 0 Å². The van der Waals surface area contributed by atoms with Crippen LogP contribution in [0.1, 0.15) is 6.92 Å². The van der Waals surface area contributed by atoms with Crippen LogP contribution in [0.5, 0.6) is 0 Å². The average molecular weight is 338 g/mol. The highest BCUT2D eigenvalue weighted by Crippen LogP contribution is 2.36. The quantitative estimate of drug-likeness (QED) is 0.915. The van der Waals surface area contributed by atoms with E-state index in [9.17, 15) is 22.0 Å². The van der Waals surface area contributed by atoms with Crippen molar-refractivity contribution < 1.29 is 22.0 Å². The Hall–Kier alpha value is -2.48. The van der Waals surface area contributed by atoms with Gasteiger partial charge in [-0.1, -0.05) is 12.1 Å². The molecule has 1 atom stereocenters. The van der Waals surface area contributed by atoms with E-state index in [2.05, 4.69) is 5.32 Å². The zero-order valence-electron chi connectivity index (χ0n) is 12.0. The molecule has 0 unspecified atom stereocenters. The fourth-order valence-electron chi connectivity index (χ4n) is 2.44. The number of nitrogens with zero attached hydrogens (tertiary/aromatic N) is 1. The molecule has 1 amide bonds. The number of benzene rings is 2. The van der Waals surface area contributed by atoms with Gasteiger partial charge in [-0.25, -0.2) is 17.2 Å². The minimum absolute atomic E-state index is 0.197. The molecule has 1 aliphatic rings. The molecule has 8 heteroatoms. The van der Waals surface area contributed by atoms with E-state index in [-0.39, 0.29) is 11.4 Å². The summed E-state index contributed by atoms with van der Waals surface area (Å²) in [6.45, 7) is 1.38. The van der Waals surface area contributed by atoms with Crippen LogP contribution in [-0.4, -0.2) is 20.4 Å². The number of carbonyl (C=O) groups is 1. The molecule has 0 radical (unpaired) electrons. The fraction of sp³-hybridized carbons (Fsp3) is 0.133. The van der Waals surface area contributed by atoms with Crippen molar-refractivity contribution in [2.75, 3.05) is 9.62 Å². The lowest BCUT2D eigenvalue weighted by Crippen LogP contribution is -2.49. The Kier molecular flexibility index (Phi) is 3.56. The van der Waals surface area contributed by atoms with Crippen molar-refractivity contribution in [1.29, 1.82) is 0 Å². The Morgan fingerprint density at radius 1 is 1.13 bits per heavy atom. The van der Waals surface area contributed by atoms with Crippen LogP contribution in [0.15, 0.2) is 47.4 Å². The molecule has 0 aromatic heterocycles. The summed E-state index contributed by atoms with van der Waals surface area (Å²) >= 11 is 0. The van der Waals surface area contributed by atoms with E-state index < -0.39 is 38.5 Å². The lowest BCUT2D eigenvalue weighted by Gasteiger charge is -2.35. The van der Waals surface area contributed by atoms with Gasteiger partial charge in [-0.3, -0.25) is 9.10 Å². The van der Waals surface area contributed by atoms with Gasteiger partial charge in [0.25, 0.3) is 10.0 Å². The van der Waals surface area contributed by atoms with Gasteiger partial charge in [-0.15, -0.1) is 0 Å². The molecule has 0 bridgehead atoms. The van der Waals surface area contributed by atoms with Gasteiger partial charge in [0.05, 0.1) is 11.4 Å². The molecule has 0 aliphatic carbocycles. The van der Waals surface area contributed by atoms with E-state index >= 15 is 0 Å². The second-order valence-corrected chi connectivity index (χ2v) is 6.84. The smallest absolute Gasteiger partial charge is 0.268 e. The van der Waals surface area contributed by atoms with Gasteiger partial charge in [0.1, 0.15) is 22.6 Å². The first-order chi connectivity index (χ1) is 10.8. The van der Waals surface area contributed by atoms with Crippen LogP contribution in [-0.2, 0) is 14.8 Å². The Morgan fingerprint density at radius 2 is 1.83 bits per heavy atom. The van der Waals surface area contributed by atoms with Gasteiger partial charge in [-0.2, -0.15) is 0 Å². The molecule has 1 N–H and O–H groups in total. The number of amides is 1. The van der Waals surface area contributed by atoms with E-state index in [1.54, 1.807) is 12.1 Å². The molecule has 1 aliphatic heterocycles. The third kappa shape index (κ3) is 2.44. The predicted octanol–water partition coefficient (Wildman–Crippen LogP) is 2.50. The van der Waals surface area contributed by atoms with Crippen molar-refractivity contribution in [3.63, 3.8) is 0 Å². The average Bonchev–Trinajstić information content (AvgIpc) is 2.50. The van der Waals surface area contributed by atoms with Crippen molar-refractivity contribution in [2.45, 2.75) is 17.9 Å². The van der Waals surface area contributed by atoms with Crippen molar-refractivity contribution in [3.8, 4) is 0 Å². The molecule has 0 spiro atoms. The number of para-hydroxylation sites is 2. The highest BCUT2D eigenvalue weighted by molar-refractivity contribution is 7.93. The zero-order valence-corrected chi connectivity index (χ0v) is 12.8. The highest BCUT2D eigenvalue weighted by atomic mass is 32.2. The van der Waals surface area contributed by atoms with Crippen molar-refractivity contribution >= 4 is 27.3 Å². The molecule has 0 saturated heterocycles. The number of halogens is 2. The van der Waals surface area contributed by atoms with Crippen LogP contribution in [0.2, 0.25) is 0 Å². The van der Waals surface area contributed by atoms with E-state index in [1.807, 2.05) is 0 Å². The second kappa shape index (κ2) is 5.31. The third-order valence-corrected chi connectivity index (χ3v) is 5.46. The molecule has 3 rings (SSSR count). The van der Waals surface area contributed by atoms with Crippen LogP contribution in [0.4, 0.5) is 20.2 Å². The lowest BCUT2D eigenvalue weighted by atomic mass is 10.1. The number of fused-ring (bicyclic) bond motifs is 1. The van der Waals surface area contributed by atoms with E-state index in [1.165, 1.54) is 19.1 Å². The van der Waals surface area contributed by atoms with Crippen molar-refractivity contribution in [2.24, 2.45) is 0 Å². The SMILES string of the molecule is C[C@H]1C(=O)Nc2ccccc2N1S(=O)(=O)c1cc(F)ccc1F. The summed E-state index contributed by atoms with van der Waals surface area (Å²) in [5.41, 5.74) is 0.485. The normalized spacial score (nSPS) is 17.6. The number of anilines is 2. The third-order valence-electron chi connectivity index (χ3n) is 3.56. The Labute approximate surface area is 131 Å². The molecular weight excluding hydrogens is 326 g/mol. The summed E-state index contributed by atoms with van der Waals surface area (Å²) in [7, 11) is -4.45. The minimum atomic E-state index is -4.45. The Morgan fingerprint density at radius 3 is 2.57 bits per heavy atom. The standard InChI is InChI=1S/C15H12F2N2O3S/c1-9-15(20)18-12-4-2-3-5-13(12)19(9)23(21,22)14-8-10(16)6-7-11(14)17/h2-9H,1H3,(H,18,20)/t9-/m0/s1. The number of hydrogen-bond donors (Lipinski definition) is 1. The summed E-state index contributed by atoms with van der Waals surface area (Å²) in [6, 6.07) is 7.31. The topological polar surface area (TPSA) is 66.5 Å². The molecule has 5 nitrogen and oxygen atoms in total. The summed E-state index contributed by atoms with van der Waals surface area (Å²) in [5.74, 6) is -2.52. The fourth-order valence-corrected chi connectivity index (χ4v) is 4.16. The highest BCUT2D eigenvalue weighted by Gasteiger charge is 2.39. The van der Waals surface area contributed by atoms with Gasteiger partial charge < -0.3 is 5.32 Å². The number of nitrogens with one attached hydrogen (secondary N) is 1. The maximum absolute atomic E-state index is 13.9. The van der Waals surface area contributed by atoms with Crippen molar-refractivity contribution in [3.05, 3.63) is 54.1 Å². The lowest BCUT2D eigenvalue weighted by molar-refractivity contribution is -0.117. The number of hydrogen-bond acceptors (Lipinski definition) is 3. The molecule has 0 fully saturated rings. The first-order valence-electron chi connectivity index (χ1n) is 6.72. The first kappa shape index (κ1) is 15.4. The van der Waals surface area contributed by atoms with Crippen LogP contribution >= 0.6 is 0 Å². The Bertz CT molecular complexity index is 899. The van der Waals surface area contributed by atoms with Gasteiger partial charge in [0.15, 0.2) is 0 Å². The van der Waals surface area contributed by atoms with E-state index in [4.69, 9.17) is 0 Å². The maximum Gasteiger partial charge on any atom is 0.268 e. The molecule has 120 valence electrons. The van der Waals surface area contributed by atoms with Gasteiger partial charge in [0, 0.05) is 0 Å². The zero-order chi connectivity index (χ0) is 16.8. The monoisotopic (exact) mass is 338 g/mol. The van der Waals surface area contributed by atoms with Crippen molar-refractivity contribution in [1.82, 2.24) is 0 Å². The van der Waals surface area contributed by atoms with Crippen LogP contribution in [0, 0.1) is 11.6 Å². The summed E-state index contributed by atoms with van der Waals surface area (Å²) in [4.78, 5) is 11.2. The second-order valence-electron chi connectivity index (χ2n) is 5.06. The van der Waals surface area contributed by atoms with Crippen LogP contribution in [0.3, 0.4) is 0 Å². The predicted molar refractivity (Wildman–Crippen MR) is 80.6 cm³/mol. The first-order valence-corrected chi connectivity index (χ1v) is 8.16. The molecule has 0 saturated carbocycles. The maximum atomic E-state index is 13.9. The van der Waals surface area contributed by atoms with E-state index in [0.29, 0.717) is 6.07 Å². The van der Waals surface area contributed by atoms with E-state index in [0.717, 1.165) is 16.4 Å². The van der Waals surface area contributed by atoms with Gasteiger partial charge in [0.2, 0.25) is 5.91 Å². The summed E-state index contributed by atoms with van der Waals surface area (Å²) in [6.07, 6.45) is 0. The molecule has 1 heterocycles. The number of sulfonamides is 1. The van der Waals surface area contributed by atoms with Crippen LogP contribution in [0.25, 0.3) is 0 Å². The number of rotatable bonds is 2. The molecule has 2 aromatic carbocycles. The Balaban J connectivity index is 2.23. The summed E-state index contributed by atoms with van der Waals surface area (Å²) < 4.78 is 53.8. The largest absolute Gasteiger partial charge is 0.322 e. The number of carbonyl (C=O) groups excluding carboxylic acids is 1. The molecular formula is C15H12F2N2O3S. The van der Waals surface area contributed by atoms with Crippen LogP contribution < -0.4 is 9.62 Å². The molecule has 23 heavy (non-hydrogen) atoms.